The van der Waals surface area contributed by atoms with Crippen LogP contribution in [-0.2, 0) is 16.1 Å². The molecule has 0 spiro atoms. The predicted molar refractivity (Wildman–Crippen MR) is 67.9 cm³/mol. The molecule has 2 heterocycles. The van der Waals surface area contributed by atoms with Gasteiger partial charge in [0.05, 0.1) is 0 Å². The average Bonchev–Trinajstić information content (AvgIpc) is 2.99. The van der Waals surface area contributed by atoms with E-state index < -0.39 is 5.97 Å². The summed E-state index contributed by atoms with van der Waals surface area (Å²) in [4.78, 5) is 22.6. The molecule has 0 bridgehead atoms. The minimum atomic E-state index is -1.03. The number of ether oxygens (including phenoxy) is 1. The first-order valence-electron chi connectivity index (χ1n) is 6.39. The highest BCUT2D eigenvalue weighted by Gasteiger charge is 2.16. The number of hydrogen-bond acceptors (Lipinski definition) is 3. The fourth-order valence-electron chi connectivity index (χ4n) is 2.18. The quantitative estimate of drug-likeness (QED) is 0.795. The maximum absolute atomic E-state index is 11.7. The van der Waals surface area contributed by atoms with Gasteiger partial charge in [-0.15, -0.1) is 0 Å². The summed E-state index contributed by atoms with van der Waals surface area (Å²) in [7, 11) is 0. The molecular formula is C13H18N2O4. The number of hydrogen-bond donors (Lipinski definition) is 2. The van der Waals surface area contributed by atoms with Gasteiger partial charge in [0.15, 0.2) is 0 Å². The lowest BCUT2D eigenvalue weighted by Gasteiger charge is -2.10. The van der Waals surface area contributed by atoms with Gasteiger partial charge in [-0.1, -0.05) is 0 Å². The summed E-state index contributed by atoms with van der Waals surface area (Å²) in [6, 6.07) is 3.10. The van der Waals surface area contributed by atoms with E-state index >= 15 is 0 Å². The van der Waals surface area contributed by atoms with Gasteiger partial charge in [-0.25, -0.2) is 4.79 Å². The first-order valence-corrected chi connectivity index (χ1v) is 6.39. The van der Waals surface area contributed by atoms with E-state index in [1.165, 1.54) is 10.6 Å². The topological polar surface area (TPSA) is 80.6 Å². The van der Waals surface area contributed by atoms with E-state index in [0.717, 1.165) is 26.1 Å². The minimum absolute atomic E-state index is 0.0375. The van der Waals surface area contributed by atoms with Crippen LogP contribution in [0.5, 0.6) is 0 Å². The summed E-state index contributed by atoms with van der Waals surface area (Å²) in [6.45, 7) is 2.23. The van der Waals surface area contributed by atoms with Gasteiger partial charge in [0.25, 0.3) is 0 Å². The Kier molecular flexibility index (Phi) is 4.57. The second-order valence-corrected chi connectivity index (χ2v) is 4.69. The first-order chi connectivity index (χ1) is 9.16. The fraction of sp³-hybridized carbons (Fsp3) is 0.538. The summed E-state index contributed by atoms with van der Waals surface area (Å²) >= 11 is 0. The van der Waals surface area contributed by atoms with Crippen molar-refractivity contribution in [3.05, 3.63) is 24.0 Å². The van der Waals surface area contributed by atoms with Crippen LogP contribution >= 0.6 is 0 Å². The smallest absolute Gasteiger partial charge is 0.352 e. The van der Waals surface area contributed by atoms with Gasteiger partial charge in [0.2, 0.25) is 5.91 Å². The number of carbonyl (C=O) groups is 2. The van der Waals surface area contributed by atoms with Crippen molar-refractivity contribution >= 4 is 11.9 Å². The van der Waals surface area contributed by atoms with Crippen LogP contribution in [-0.4, -0.2) is 41.3 Å². The molecule has 0 radical (unpaired) electrons. The summed E-state index contributed by atoms with van der Waals surface area (Å²) in [5, 5.41) is 11.7. The molecule has 1 amide bonds. The van der Waals surface area contributed by atoms with E-state index in [2.05, 4.69) is 5.32 Å². The minimum Gasteiger partial charge on any atom is -0.477 e. The van der Waals surface area contributed by atoms with Gasteiger partial charge in [-0.05, 0) is 30.9 Å². The monoisotopic (exact) mass is 266 g/mol. The number of rotatable bonds is 6. The zero-order chi connectivity index (χ0) is 13.7. The summed E-state index contributed by atoms with van der Waals surface area (Å²) in [5.41, 5.74) is 0.124. The third-order valence-corrected chi connectivity index (χ3v) is 3.26. The van der Waals surface area contributed by atoms with Crippen molar-refractivity contribution in [1.29, 1.82) is 0 Å². The molecule has 19 heavy (non-hydrogen) atoms. The number of aromatic carboxylic acids is 1. The normalized spacial score (nSPS) is 18.4. The van der Waals surface area contributed by atoms with Gasteiger partial charge in [-0.2, -0.15) is 0 Å². The molecule has 104 valence electrons. The summed E-state index contributed by atoms with van der Waals surface area (Å²) in [6.07, 6.45) is 3.55. The number of carboxylic acids is 1. The van der Waals surface area contributed by atoms with Gasteiger partial charge in [0.1, 0.15) is 12.2 Å². The van der Waals surface area contributed by atoms with Gasteiger partial charge >= 0.3 is 5.97 Å². The van der Waals surface area contributed by atoms with Crippen LogP contribution in [0.4, 0.5) is 0 Å². The average molecular weight is 266 g/mol. The third kappa shape index (κ3) is 3.82. The Labute approximate surface area is 111 Å². The molecule has 2 rings (SSSR count). The molecule has 1 aromatic rings. The number of aromatic nitrogens is 1. The van der Waals surface area contributed by atoms with Crippen molar-refractivity contribution in [2.75, 3.05) is 19.8 Å². The van der Waals surface area contributed by atoms with Gasteiger partial charge in [-0.3, -0.25) is 4.79 Å². The lowest BCUT2D eigenvalue weighted by atomic mass is 10.1. The number of carboxylic acid groups (broad SMARTS) is 1. The molecule has 1 aromatic heterocycles. The largest absolute Gasteiger partial charge is 0.477 e. The lowest BCUT2D eigenvalue weighted by Crippen LogP contribution is -2.30. The Morgan fingerprint density at radius 2 is 2.37 bits per heavy atom. The highest BCUT2D eigenvalue weighted by atomic mass is 16.5. The molecule has 1 saturated heterocycles. The standard InChI is InChI=1S/C13H18N2O4/c16-12(14-5-3-10-4-7-19-9-10)8-15-6-1-2-11(15)13(17)18/h1-2,6,10H,3-5,7-9H2,(H,14,16)(H,17,18). The van der Waals surface area contributed by atoms with Crippen molar-refractivity contribution < 1.29 is 19.4 Å². The summed E-state index contributed by atoms with van der Waals surface area (Å²) < 4.78 is 6.69. The third-order valence-electron chi connectivity index (χ3n) is 3.26. The van der Waals surface area contributed by atoms with E-state index in [0.29, 0.717) is 12.5 Å². The molecule has 1 aliphatic rings. The van der Waals surface area contributed by atoms with E-state index in [-0.39, 0.29) is 18.1 Å². The molecule has 2 N–H and O–H groups in total. The summed E-state index contributed by atoms with van der Waals surface area (Å²) in [5.74, 6) is -0.667. The Hall–Kier alpha value is -1.82. The first kappa shape index (κ1) is 13.6. The highest BCUT2D eigenvalue weighted by molar-refractivity contribution is 5.86. The Morgan fingerprint density at radius 1 is 1.53 bits per heavy atom. The Bertz CT molecular complexity index is 449. The molecule has 0 aromatic carbocycles. The molecule has 6 heteroatoms. The number of amides is 1. The molecule has 0 aliphatic carbocycles. The van der Waals surface area contributed by atoms with Crippen molar-refractivity contribution in [2.45, 2.75) is 19.4 Å². The lowest BCUT2D eigenvalue weighted by molar-refractivity contribution is -0.121. The SMILES string of the molecule is O=C(Cn1cccc1C(=O)O)NCCC1CCOC1. The van der Waals surface area contributed by atoms with Gasteiger partial charge < -0.3 is 19.7 Å². The van der Waals surface area contributed by atoms with E-state index in [9.17, 15) is 9.59 Å². The van der Waals surface area contributed by atoms with Crippen LogP contribution in [0.3, 0.4) is 0 Å². The van der Waals surface area contributed by atoms with Crippen molar-refractivity contribution in [2.24, 2.45) is 5.92 Å². The van der Waals surface area contributed by atoms with Crippen LogP contribution in [0.15, 0.2) is 18.3 Å². The number of carbonyl (C=O) groups excluding carboxylic acids is 1. The van der Waals surface area contributed by atoms with Crippen LogP contribution in [0.2, 0.25) is 0 Å². The van der Waals surface area contributed by atoms with Crippen LogP contribution < -0.4 is 5.32 Å². The van der Waals surface area contributed by atoms with Crippen molar-refractivity contribution in [3.8, 4) is 0 Å². The number of nitrogens with one attached hydrogen (secondary N) is 1. The zero-order valence-electron chi connectivity index (χ0n) is 10.7. The second-order valence-electron chi connectivity index (χ2n) is 4.69. The van der Waals surface area contributed by atoms with E-state index in [4.69, 9.17) is 9.84 Å². The van der Waals surface area contributed by atoms with Crippen LogP contribution in [0.25, 0.3) is 0 Å². The molecule has 1 aliphatic heterocycles. The maximum atomic E-state index is 11.7. The zero-order valence-corrected chi connectivity index (χ0v) is 10.7. The Balaban J connectivity index is 1.74. The van der Waals surface area contributed by atoms with Gasteiger partial charge in [0, 0.05) is 26.0 Å². The Morgan fingerprint density at radius 3 is 3.05 bits per heavy atom. The predicted octanol–water partition coefficient (Wildman–Crippen LogP) is 0.729. The molecular weight excluding hydrogens is 248 g/mol. The fourth-order valence-corrected chi connectivity index (χ4v) is 2.18. The second kappa shape index (κ2) is 6.38. The van der Waals surface area contributed by atoms with Crippen LogP contribution in [0, 0.1) is 5.92 Å². The van der Waals surface area contributed by atoms with E-state index in [1.54, 1.807) is 12.3 Å². The molecule has 0 saturated carbocycles. The molecule has 6 nitrogen and oxygen atoms in total. The van der Waals surface area contributed by atoms with Crippen molar-refractivity contribution in [3.63, 3.8) is 0 Å². The molecule has 1 unspecified atom stereocenters. The molecule has 1 fully saturated rings. The molecule has 1 atom stereocenters. The maximum Gasteiger partial charge on any atom is 0.352 e. The van der Waals surface area contributed by atoms with Crippen molar-refractivity contribution in [1.82, 2.24) is 9.88 Å². The van der Waals surface area contributed by atoms with Crippen LogP contribution in [0.1, 0.15) is 23.3 Å². The highest BCUT2D eigenvalue weighted by Crippen LogP contribution is 2.15. The number of nitrogens with zero attached hydrogens (tertiary/aromatic N) is 1. The van der Waals surface area contributed by atoms with E-state index in [1.807, 2.05) is 0 Å².